The predicted molar refractivity (Wildman–Crippen MR) is 40.5 cm³/mol. The van der Waals surface area contributed by atoms with E-state index in [9.17, 15) is 21.6 Å². The topological polar surface area (TPSA) is 43.4 Å². The smallest absolute Gasteiger partial charge is 0.270 e. The number of benzene rings is 1. The van der Waals surface area contributed by atoms with E-state index in [0.29, 0.717) is 12.1 Å². The zero-order valence-corrected chi connectivity index (χ0v) is 7.74. The molecule has 0 heterocycles. The summed E-state index contributed by atoms with van der Waals surface area (Å²) in [6, 6.07) is 0.689. The van der Waals surface area contributed by atoms with Crippen molar-refractivity contribution in [1.29, 1.82) is 0 Å². The second kappa shape index (κ2) is 3.58. The Kier molecular flexibility index (Phi) is 2.81. The Balaban J connectivity index is 3.41. The van der Waals surface area contributed by atoms with Gasteiger partial charge in [0.15, 0.2) is 17.5 Å². The maximum Gasteiger partial charge on any atom is 0.296 e. The lowest BCUT2D eigenvalue weighted by molar-refractivity contribution is 0.393. The Hall–Kier alpha value is -1.08. The molecule has 0 aliphatic heterocycles. The Morgan fingerprint density at radius 2 is 1.57 bits per heavy atom. The van der Waals surface area contributed by atoms with Crippen LogP contribution in [0.5, 0.6) is 0 Å². The van der Waals surface area contributed by atoms with Gasteiger partial charge < -0.3 is 0 Å². The molecule has 3 nitrogen and oxygen atoms in total. The maximum absolute atomic E-state index is 12.6. The van der Waals surface area contributed by atoms with E-state index in [2.05, 4.69) is 4.18 Å². The molecular formula is C7H5F3O3S. The number of hydrogen-bond donors (Lipinski definition) is 0. The van der Waals surface area contributed by atoms with Gasteiger partial charge >= 0.3 is 0 Å². The molecule has 0 N–H and O–H groups in total. The summed E-state index contributed by atoms with van der Waals surface area (Å²) >= 11 is 0. The van der Waals surface area contributed by atoms with E-state index in [1.54, 1.807) is 0 Å². The Labute approximate surface area is 78.2 Å². The van der Waals surface area contributed by atoms with Gasteiger partial charge in [0.05, 0.1) is 7.11 Å². The number of hydrogen-bond acceptors (Lipinski definition) is 3. The Morgan fingerprint density at radius 1 is 1.14 bits per heavy atom. The van der Waals surface area contributed by atoms with Crippen molar-refractivity contribution < 1.29 is 25.8 Å². The summed E-state index contributed by atoms with van der Waals surface area (Å²) in [4.78, 5) is -0.767. The van der Waals surface area contributed by atoms with Crippen molar-refractivity contribution in [3.8, 4) is 0 Å². The first-order chi connectivity index (χ1) is 6.38. The molecule has 0 aliphatic carbocycles. The van der Waals surface area contributed by atoms with Crippen molar-refractivity contribution >= 4 is 10.1 Å². The predicted octanol–water partition coefficient (Wildman–Crippen LogP) is 1.44. The zero-order chi connectivity index (χ0) is 10.9. The summed E-state index contributed by atoms with van der Waals surface area (Å²) in [6.07, 6.45) is 0. The molecule has 7 heteroatoms. The maximum atomic E-state index is 12.6. The van der Waals surface area contributed by atoms with Crippen molar-refractivity contribution in [3.63, 3.8) is 0 Å². The lowest BCUT2D eigenvalue weighted by Gasteiger charge is -2.02. The largest absolute Gasteiger partial charge is 0.296 e. The summed E-state index contributed by atoms with van der Waals surface area (Å²) < 4.78 is 63.4. The number of rotatable bonds is 2. The monoisotopic (exact) mass is 226 g/mol. The minimum Gasteiger partial charge on any atom is -0.270 e. The van der Waals surface area contributed by atoms with Gasteiger partial charge in [0.2, 0.25) is 0 Å². The molecule has 0 bridgehead atoms. The van der Waals surface area contributed by atoms with Gasteiger partial charge in [0.25, 0.3) is 10.1 Å². The summed E-state index contributed by atoms with van der Waals surface area (Å²) in [5.74, 6) is -4.89. The van der Waals surface area contributed by atoms with Crippen LogP contribution in [0.25, 0.3) is 0 Å². The van der Waals surface area contributed by atoms with Crippen LogP contribution in [-0.2, 0) is 14.3 Å². The molecule has 1 aromatic rings. The lowest BCUT2D eigenvalue weighted by atomic mass is 10.3. The van der Waals surface area contributed by atoms with Crippen molar-refractivity contribution in [3.05, 3.63) is 29.6 Å². The van der Waals surface area contributed by atoms with Crippen LogP contribution >= 0.6 is 0 Å². The molecule has 1 aromatic carbocycles. The fourth-order valence-corrected chi connectivity index (χ4v) is 1.46. The average molecular weight is 226 g/mol. The van der Waals surface area contributed by atoms with E-state index in [1.165, 1.54) is 0 Å². The third-order valence-corrected chi connectivity index (χ3v) is 2.72. The van der Waals surface area contributed by atoms with Crippen LogP contribution in [0.15, 0.2) is 17.0 Å². The fraction of sp³-hybridized carbons (Fsp3) is 0.143. The molecule has 78 valence electrons. The highest BCUT2D eigenvalue weighted by Crippen LogP contribution is 2.18. The average Bonchev–Trinajstić information content (AvgIpc) is 2.13. The van der Waals surface area contributed by atoms with Crippen LogP contribution in [0.1, 0.15) is 0 Å². The van der Waals surface area contributed by atoms with Crippen LogP contribution in [0.3, 0.4) is 0 Å². The molecule has 0 atom stereocenters. The summed E-state index contributed by atoms with van der Waals surface area (Å²) in [5, 5.41) is 0. The quantitative estimate of drug-likeness (QED) is 0.566. The molecule has 0 aliphatic rings. The SMILES string of the molecule is COS(=O)(=O)c1cc(F)c(F)c(F)c1. The molecule has 0 spiro atoms. The molecule has 0 saturated heterocycles. The first-order valence-electron chi connectivity index (χ1n) is 3.33. The van der Waals surface area contributed by atoms with Gasteiger partial charge in [0, 0.05) is 0 Å². The molecule has 0 amide bonds. The number of halogens is 3. The molecular weight excluding hydrogens is 221 g/mol. The van der Waals surface area contributed by atoms with Crippen LogP contribution in [-0.4, -0.2) is 15.5 Å². The summed E-state index contributed by atoms with van der Waals surface area (Å²) in [7, 11) is -3.38. The van der Waals surface area contributed by atoms with Crippen molar-refractivity contribution in [2.45, 2.75) is 4.90 Å². The zero-order valence-electron chi connectivity index (χ0n) is 6.92. The summed E-state index contributed by atoms with van der Waals surface area (Å²) in [5.41, 5.74) is 0. The van der Waals surface area contributed by atoms with E-state index >= 15 is 0 Å². The van der Waals surface area contributed by atoms with Gasteiger partial charge in [-0.05, 0) is 12.1 Å². The van der Waals surface area contributed by atoms with E-state index < -0.39 is 32.5 Å². The molecule has 0 aromatic heterocycles. The van der Waals surface area contributed by atoms with Crippen molar-refractivity contribution in [1.82, 2.24) is 0 Å². The van der Waals surface area contributed by atoms with Gasteiger partial charge in [-0.3, -0.25) is 4.18 Å². The van der Waals surface area contributed by atoms with Crippen LogP contribution in [0.2, 0.25) is 0 Å². The van der Waals surface area contributed by atoms with Crippen LogP contribution in [0, 0.1) is 17.5 Å². The molecule has 0 unspecified atom stereocenters. The normalized spacial score (nSPS) is 11.7. The van der Waals surface area contributed by atoms with Gasteiger partial charge in [-0.25, -0.2) is 13.2 Å². The van der Waals surface area contributed by atoms with E-state index in [1.807, 2.05) is 0 Å². The molecule has 0 fully saturated rings. The highest BCUT2D eigenvalue weighted by Gasteiger charge is 2.19. The third kappa shape index (κ3) is 1.88. The first kappa shape index (κ1) is 11.0. The van der Waals surface area contributed by atoms with Crippen LogP contribution in [0.4, 0.5) is 13.2 Å². The van der Waals surface area contributed by atoms with Crippen LogP contribution < -0.4 is 0 Å². The second-order valence-electron chi connectivity index (χ2n) is 2.32. The third-order valence-electron chi connectivity index (χ3n) is 1.47. The Bertz CT molecular complexity index is 432. The molecule has 0 radical (unpaired) electrons. The minimum atomic E-state index is -4.21. The van der Waals surface area contributed by atoms with Crippen molar-refractivity contribution in [2.24, 2.45) is 0 Å². The van der Waals surface area contributed by atoms with Gasteiger partial charge in [0.1, 0.15) is 4.90 Å². The highest BCUT2D eigenvalue weighted by molar-refractivity contribution is 7.86. The van der Waals surface area contributed by atoms with Gasteiger partial charge in [-0.1, -0.05) is 0 Å². The van der Waals surface area contributed by atoms with Gasteiger partial charge in [-0.2, -0.15) is 8.42 Å². The van der Waals surface area contributed by atoms with Gasteiger partial charge in [-0.15, -0.1) is 0 Å². The molecule has 14 heavy (non-hydrogen) atoms. The molecule has 1 rings (SSSR count). The first-order valence-corrected chi connectivity index (χ1v) is 4.74. The van der Waals surface area contributed by atoms with E-state index in [0.717, 1.165) is 7.11 Å². The standard InChI is InChI=1S/C7H5F3O3S/c1-13-14(11,12)4-2-5(8)7(10)6(9)3-4/h2-3H,1H3. The van der Waals surface area contributed by atoms with Crippen molar-refractivity contribution in [2.75, 3.05) is 7.11 Å². The lowest BCUT2D eigenvalue weighted by Crippen LogP contribution is -2.05. The van der Waals surface area contributed by atoms with E-state index in [4.69, 9.17) is 0 Å². The second-order valence-corrected chi connectivity index (χ2v) is 4.03. The summed E-state index contributed by atoms with van der Waals surface area (Å²) in [6.45, 7) is 0. The fourth-order valence-electron chi connectivity index (χ4n) is 0.773. The Morgan fingerprint density at radius 3 is 1.93 bits per heavy atom. The van der Waals surface area contributed by atoms with E-state index in [-0.39, 0.29) is 0 Å². The highest BCUT2D eigenvalue weighted by atomic mass is 32.2. The molecule has 0 saturated carbocycles. The minimum absolute atomic E-state index is 0.344.